The third kappa shape index (κ3) is 1.95. The Balaban J connectivity index is 2.18. The van der Waals surface area contributed by atoms with Crippen LogP contribution in [0.1, 0.15) is 27.2 Å². The Hall–Kier alpha value is -1.36. The van der Waals surface area contributed by atoms with Crippen molar-refractivity contribution in [3.8, 4) is 0 Å². The normalized spacial score (nSPS) is 26.4. The van der Waals surface area contributed by atoms with E-state index in [1.165, 1.54) is 0 Å². The highest BCUT2D eigenvalue weighted by molar-refractivity contribution is 5.35. The fraction of sp³-hybridized carbons (Fsp3) is 0.667. The summed E-state index contributed by atoms with van der Waals surface area (Å²) >= 11 is 0. The van der Waals surface area contributed by atoms with Crippen LogP contribution in [0.15, 0.2) is 17.2 Å². The molecule has 94 valence electrons. The lowest BCUT2D eigenvalue weighted by Crippen LogP contribution is -2.61. The van der Waals surface area contributed by atoms with Crippen LogP contribution in [-0.4, -0.2) is 21.6 Å². The number of hydrogen-bond acceptors (Lipinski definition) is 4. The van der Waals surface area contributed by atoms with E-state index in [0.717, 1.165) is 6.42 Å². The topological polar surface area (TPSA) is 72.9 Å². The first kappa shape index (κ1) is 12.1. The molecule has 5 nitrogen and oxygen atoms in total. The second-order valence-electron chi connectivity index (χ2n) is 5.23. The van der Waals surface area contributed by atoms with Crippen molar-refractivity contribution < 1.29 is 0 Å². The van der Waals surface area contributed by atoms with Gasteiger partial charge in [0.15, 0.2) is 5.82 Å². The fourth-order valence-corrected chi connectivity index (χ4v) is 2.16. The molecule has 0 spiro atoms. The maximum atomic E-state index is 12.0. The summed E-state index contributed by atoms with van der Waals surface area (Å²) in [5.41, 5.74) is 5.90. The molecule has 0 bridgehead atoms. The van der Waals surface area contributed by atoms with Crippen molar-refractivity contribution in [2.24, 2.45) is 11.1 Å². The highest BCUT2D eigenvalue weighted by Crippen LogP contribution is 2.40. The van der Waals surface area contributed by atoms with Crippen LogP contribution in [0.2, 0.25) is 0 Å². The van der Waals surface area contributed by atoms with Gasteiger partial charge in [-0.1, -0.05) is 13.8 Å². The molecule has 0 amide bonds. The lowest BCUT2D eigenvalue weighted by Gasteiger charge is -2.50. The first-order valence-electron chi connectivity index (χ1n) is 6.04. The first-order chi connectivity index (χ1) is 7.96. The van der Waals surface area contributed by atoms with E-state index in [0.29, 0.717) is 12.4 Å². The molecule has 1 aliphatic rings. The molecule has 0 saturated heterocycles. The summed E-state index contributed by atoms with van der Waals surface area (Å²) in [7, 11) is 0. The van der Waals surface area contributed by atoms with Crippen LogP contribution in [0.3, 0.4) is 0 Å². The average molecular weight is 236 g/mol. The van der Waals surface area contributed by atoms with Gasteiger partial charge in [0.2, 0.25) is 0 Å². The van der Waals surface area contributed by atoms with Gasteiger partial charge in [0.05, 0.1) is 0 Å². The first-order valence-corrected chi connectivity index (χ1v) is 6.04. The third-order valence-corrected chi connectivity index (χ3v) is 3.91. The molecule has 2 atom stereocenters. The number of nitrogens with one attached hydrogen (secondary N) is 1. The molecular weight excluding hydrogens is 216 g/mol. The van der Waals surface area contributed by atoms with Crippen molar-refractivity contribution in [3.63, 3.8) is 0 Å². The molecule has 5 heteroatoms. The maximum absolute atomic E-state index is 12.0. The van der Waals surface area contributed by atoms with E-state index in [-0.39, 0.29) is 23.1 Å². The highest BCUT2D eigenvalue weighted by Gasteiger charge is 2.46. The van der Waals surface area contributed by atoms with Gasteiger partial charge in [-0.05, 0) is 13.3 Å². The van der Waals surface area contributed by atoms with E-state index < -0.39 is 0 Å². The van der Waals surface area contributed by atoms with Gasteiger partial charge in [-0.3, -0.25) is 4.79 Å². The molecular formula is C12H20N4O. The van der Waals surface area contributed by atoms with Crippen LogP contribution in [0.5, 0.6) is 0 Å². The van der Waals surface area contributed by atoms with E-state index in [2.05, 4.69) is 24.1 Å². The van der Waals surface area contributed by atoms with Gasteiger partial charge in [-0.25, -0.2) is 4.98 Å². The molecule has 2 rings (SSSR count). The zero-order valence-corrected chi connectivity index (χ0v) is 10.6. The summed E-state index contributed by atoms with van der Waals surface area (Å²) in [6.07, 6.45) is 4.24. The van der Waals surface area contributed by atoms with E-state index in [1.807, 2.05) is 6.92 Å². The molecule has 1 aromatic rings. The van der Waals surface area contributed by atoms with Gasteiger partial charge >= 0.3 is 0 Å². The third-order valence-electron chi connectivity index (χ3n) is 3.91. The van der Waals surface area contributed by atoms with Crippen molar-refractivity contribution >= 4 is 5.82 Å². The molecule has 1 aliphatic carbocycles. The van der Waals surface area contributed by atoms with Crippen LogP contribution >= 0.6 is 0 Å². The van der Waals surface area contributed by atoms with Gasteiger partial charge < -0.3 is 15.6 Å². The number of nitrogens with two attached hydrogens (primary N) is 1. The molecule has 1 aromatic heterocycles. The molecule has 1 saturated carbocycles. The predicted octanol–water partition coefficient (Wildman–Crippen LogP) is 0.801. The quantitative estimate of drug-likeness (QED) is 0.814. The van der Waals surface area contributed by atoms with Crippen LogP contribution in [0, 0.1) is 5.41 Å². The van der Waals surface area contributed by atoms with Crippen molar-refractivity contribution in [1.82, 2.24) is 9.55 Å². The standard InChI is InChI=1S/C12H20N4O/c1-4-16-6-5-14-10(11(16)17)15-9-7-8(13)12(9,2)3/h5-6,8-9H,4,7,13H2,1-3H3,(H,14,15). The van der Waals surface area contributed by atoms with Crippen molar-refractivity contribution in [1.29, 1.82) is 0 Å². The van der Waals surface area contributed by atoms with Gasteiger partial charge in [-0.15, -0.1) is 0 Å². The minimum atomic E-state index is -0.0636. The highest BCUT2D eigenvalue weighted by atomic mass is 16.1. The second kappa shape index (κ2) is 4.14. The number of aryl methyl sites for hydroxylation is 1. The second-order valence-corrected chi connectivity index (χ2v) is 5.23. The Morgan fingerprint density at radius 2 is 2.35 bits per heavy atom. The summed E-state index contributed by atoms with van der Waals surface area (Å²) in [5, 5.41) is 3.22. The van der Waals surface area contributed by atoms with Crippen LogP contribution < -0.4 is 16.6 Å². The summed E-state index contributed by atoms with van der Waals surface area (Å²) in [6, 6.07) is 0.419. The minimum absolute atomic E-state index is 0.0149. The van der Waals surface area contributed by atoms with Crippen LogP contribution in [-0.2, 0) is 6.54 Å². The van der Waals surface area contributed by atoms with E-state index in [1.54, 1.807) is 17.0 Å². The Morgan fingerprint density at radius 3 is 2.88 bits per heavy atom. The Bertz CT molecular complexity index is 466. The number of rotatable bonds is 3. The number of anilines is 1. The lowest BCUT2D eigenvalue weighted by molar-refractivity contribution is 0.117. The monoisotopic (exact) mass is 236 g/mol. The average Bonchev–Trinajstić information content (AvgIpc) is 2.31. The summed E-state index contributed by atoms with van der Waals surface area (Å²) in [5.74, 6) is 0.430. The zero-order chi connectivity index (χ0) is 12.6. The molecule has 1 heterocycles. The minimum Gasteiger partial charge on any atom is -0.362 e. The fourth-order valence-electron chi connectivity index (χ4n) is 2.16. The van der Waals surface area contributed by atoms with Crippen molar-refractivity contribution in [3.05, 3.63) is 22.7 Å². The summed E-state index contributed by atoms with van der Waals surface area (Å²) in [4.78, 5) is 16.1. The summed E-state index contributed by atoms with van der Waals surface area (Å²) < 4.78 is 1.64. The van der Waals surface area contributed by atoms with Crippen LogP contribution in [0.25, 0.3) is 0 Å². The molecule has 17 heavy (non-hydrogen) atoms. The smallest absolute Gasteiger partial charge is 0.293 e. The molecule has 2 unspecified atom stereocenters. The number of hydrogen-bond donors (Lipinski definition) is 2. The Kier molecular flexibility index (Phi) is 2.95. The van der Waals surface area contributed by atoms with Crippen molar-refractivity contribution in [2.75, 3.05) is 5.32 Å². The van der Waals surface area contributed by atoms with E-state index in [9.17, 15) is 4.79 Å². The summed E-state index contributed by atoms with van der Waals surface area (Å²) in [6.45, 7) is 6.82. The number of aromatic nitrogens is 2. The zero-order valence-electron chi connectivity index (χ0n) is 10.6. The predicted molar refractivity (Wildman–Crippen MR) is 68.0 cm³/mol. The SMILES string of the molecule is CCn1ccnc(NC2CC(N)C2(C)C)c1=O. The van der Waals surface area contributed by atoms with Crippen LogP contribution in [0.4, 0.5) is 5.82 Å². The molecule has 0 aromatic carbocycles. The molecule has 3 N–H and O–H groups in total. The Morgan fingerprint density at radius 1 is 1.65 bits per heavy atom. The van der Waals surface area contributed by atoms with Gasteiger partial charge in [-0.2, -0.15) is 0 Å². The van der Waals surface area contributed by atoms with Gasteiger partial charge in [0.25, 0.3) is 5.56 Å². The Labute approximate surface area is 101 Å². The largest absolute Gasteiger partial charge is 0.362 e. The van der Waals surface area contributed by atoms with Gasteiger partial charge in [0, 0.05) is 36.4 Å². The maximum Gasteiger partial charge on any atom is 0.293 e. The molecule has 1 fully saturated rings. The van der Waals surface area contributed by atoms with E-state index in [4.69, 9.17) is 5.73 Å². The van der Waals surface area contributed by atoms with Crippen molar-refractivity contribution in [2.45, 2.75) is 45.8 Å². The molecule has 0 radical (unpaired) electrons. The number of nitrogens with zero attached hydrogens (tertiary/aromatic N) is 2. The van der Waals surface area contributed by atoms with E-state index >= 15 is 0 Å². The van der Waals surface area contributed by atoms with Gasteiger partial charge in [0.1, 0.15) is 0 Å². The molecule has 0 aliphatic heterocycles. The lowest BCUT2D eigenvalue weighted by atomic mass is 9.63.